The fourth-order valence-electron chi connectivity index (χ4n) is 2.91. The molecular formula is C18H20N4O4S. The first-order valence-electron chi connectivity index (χ1n) is 8.57. The van der Waals surface area contributed by atoms with E-state index in [-0.39, 0.29) is 29.1 Å². The second kappa shape index (κ2) is 7.90. The van der Waals surface area contributed by atoms with E-state index in [1.807, 2.05) is 19.9 Å². The molecule has 1 aliphatic heterocycles. The fraction of sp³-hybridized carbons (Fsp3) is 0.389. The van der Waals surface area contributed by atoms with Crippen molar-refractivity contribution in [1.29, 1.82) is 5.26 Å². The predicted molar refractivity (Wildman–Crippen MR) is 96.9 cm³/mol. The van der Waals surface area contributed by atoms with Crippen molar-refractivity contribution in [2.75, 3.05) is 19.7 Å². The van der Waals surface area contributed by atoms with Gasteiger partial charge in [-0.25, -0.2) is 18.4 Å². The second-order valence-corrected chi connectivity index (χ2v) is 8.01. The van der Waals surface area contributed by atoms with Crippen molar-refractivity contribution < 1.29 is 17.9 Å². The largest absolute Gasteiger partial charge is 0.494 e. The Morgan fingerprint density at radius 2 is 2.11 bits per heavy atom. The molecule has 1 aliphatic rings. The quantitative estimate of drug-likeness (QED) is 0.744. The van der Waals surface area contributed by atoms with Crippen molar-refractivity contribution >= 4 is 10.0 Å². The van der Waals surface area contributed by atoms with Crippen LogP contribution < -0.4 is 9.47 Å². The van der Waals surface area contributed by atoms with Gasteiger partial charge in [0.15, 0.2) is 0 Å². The van der Waals surface area contributed by atoms with E-state index in [0.717, 1.165) is 5.56 Å². The Bertz CT molecular complexity index is 972. The lowest BCUT2D eigenvalue weighted by Gasteiger charge is -2.18. The monoisotopic (exact) mass is 388 g/mol. The minimum absolute atomic E-state index is 0.0842. The maximum absolute atomic E-state index is 12.9. The van der Waals surface area contributed by atoms with Crippen molar-refractivity contribution in [2.45, 2.75) is 31.3 Å². The highest BCUT2D eigenvalue weighted by Crippen LogP contribution is 2.27. The summed E-state index contributed by atoms with van der Waals surface area (Å²) in [5.74, 6) is 0.798. The van der Waals surface area contributed by atoms with Crippen LogP contribution in [0.15, 0.2) is 35.5 Å². The smallest absolute Gasteiger partial charge is 0.251 e. The van der Waals surface area contributed by atoms with E-state index in [0.29, 0.717) is 25.3 Å². The molecule has 0 N–H and O–H groups in total. The van der Waals surface area contributed by atoms with E-state index in [2.05, 4.69) is 9.97 Å². The van der Waals surface area contributed by atoms with Gasteiger partial charge < -0.3 is 9.47 Å². The number of rotatable bonds is 6. The van der Waals surface area contributed by atoms with Gasteiger partial charge in [0.1, 0.15) is 17.9 Å². The topological polar surface area (TPSA) is 105 Å². The number of aromatic nitrogens is 2. The van der Waals surface area contributed by atoms with Gasteiger partial charge in [0, 0.05) is 18.9 Å². The van der Waals surface area contributed by atoms with Crippen LogP contribution >= 0.6 is 0 Å². The Labute approximate surface area is 158 Å². The van der Waals surface area contributed by atoms with Crippen molar-refractivity contribution in [3.05, 3.63) is 41.9 Å². The van der Waals surface area contributed by atoms with Crippen LogP contribution in [0.3, 0.4) is 0 Å². The summed E-state index contributed by atoms with van der Waals surface area (Å²) in [5.41, 5.74) is 0.851. The summed E-state index contributed by atoms with van der Waals surface area (Å²) in [4.78, 5) is 8.13. The zero-order valence-corrected chi connectivity index (χ0v) is 15.9. The molecule has 0 unspecified atom stereocenters. The second-order valence-electron chi connectivity index (χ2n) is 6.07. The van der Waals surface area contributed by atoms with Gasteiger partial charge in [0.2, 0.25) is 15.7 Å². The van der Waals surface area contributed by atoms with Crippen LogP contribution in [0.4, 0.5) is 0 Å². The number of aryl methyl sites for hydroxylation is 1. The lowest BCUT2D eigenvalue weighted by atomic mass is 10.2. The normalized spacial score (nSPS) is 17.4. The molecule has 0 saturated carbocycles. The van der Waals surface area contributed by atoms with Crippen LogP contribution in [-0.2, 0) is 10.0 Å². The summed E-state index contributed by atoms with van der Waals surface area (Å²) in [6.07, 6.45) is 2.97. The molecule has 142 valence electrons. The van der Waals surface area contributed by atoms with Crippen molar-refractivity contribution in [2.24, 2.45) is 0 Å². The van der Waals surface area contributed by atoms with E-state index in [9.17, 15) is 8.42 Å². The SMILES string of the molecule is CCOc1ccc(S(=O)(=O)N2CC[C@H](Oc3nccnc3C#N)C2)cc1C. The van der Waals surface area contributed by atoms with Gasteiger partial charge in [0.25, 0.3) is 5.88 Å². The van der Waals surface area contributed by atoms with Crippen molar-refractivity contribution in [1.82, 2.24) is 14.3 Å². The molecular weight excluding hydrogens is 368 g/mol. The molecule has 2 aromatic rings. The zero-order valence-electron chi connectivity index (χ0n) is 15.1. The molecule has 2 heterocycles. The first-order valence-corrected chi connectivity index (χ1v) is 10.0. The number of nitriles is 1. The molecule has 1 aromatic heterocycles. The fourth-order valence-corrected chi connectivity index (χ4v) is 4.48. The molecule has 1 atom stereocenters. The molecule has 1 saturated heterocycles. The molecule has 3 rings (SSSR count). The number of hydrogen-bond acceptors (Lipinski definition) is 7. The Kier molecular flexibility index (Phi) is 5.58. The molecule has 0 radical (unpaired) electrons. The minimum atomic E-state index is -3.64. The number of benzene rings is 1. The predicted octanol–water partition coefficient (Wildman–Crippen LogP) is 1.90. The molecule has 8 nitrogen and oxygen atoms in total. The molecule has 0 aliphatic carbocycles. The lowest BCUT2D eigenvalue weighted by molar-refractivity contribution is 0.205. The lowest BCUT2D eigenvalue weighted by Crippen LogP contribution is -2.31. The van der Waals surface area contributed by atoms with Gasteiger partial charge in [-0.2, -0.15) is 9.57 Å². The van der Waals surface area contributed by atoms with Crippen LogP contribution in [-0.4, -0.2) is 48.5 Å². The molecule has 1 fully saturated rings. The first-order chi connectivity index (χ1) is 13.0. The highest BCUT2D eigenvalue weighted by Gasteiger charge is 2.34. The van der Waals surface area contributed by atoms with Crippen molar-refractivity contribution in [3.63, 3.8) is 0 Å². The Balaban J connectivity index is 1.74. The minimum Gasteiger partial charge on any atom is -0.494 e. The van der Waals surface area contributed by atoms with Crippen LogP contribution in [0.1, 0.15) is 24.6 Å². The van der Waals surface area contributed by atoms with E-state index in [4.69, 9.17) is 14.7 Å². The third-order valence-electron chi connectivity index (χ3n) is 4.24. The van der Waals surface area contributed by atoms with E-state index in [1.165, 1.54) is 16.7 Å². The number of sulfonamides is 1. The van der Waals surface area contributed by atoms with Crippen molar-refractivity contribution in [3.8, 4) is 17.7 Å². The van der Waals surface area contributed by atoms with Crippen LogP contribution in [0.5, 0.6) is 11.6 Å². The number of nitrogens with zero attached hydrogens (tertiary/aromatic N) is 4. The Morgan fingerprint density at radius 1 is 1.33 bits per heavy atom. The molecule has 1 aromatic carbocycles. The molecule has 0 bridgehead atoms. The Hall–Kier alpha value is -2.70. The number of ether oxygens (including phenoxy) is 2. The van der Waals surface area contributed by atoms with E-state index >= 15 is 0 Å². The average Bonchev–Trinajstić information content (AvgIpc) is 3.13. The van der Waals surface area contributed by atoms with Gasteiger partial charge in [0.05, 0.1) is 18.0 Å². The van der Waals surface area contributed by atoms with E-state index < -0.39 is 10.0 Å². The third kappa shape index (κ3) is 4.02. The summed E-state index contributed by atoms with van der Waals surface area (Å²) in [6.45, 7) is 4.74. The summed E-state index contributed by atoms with van der Waals surface area (Å²) < 4.78 is 38.4. The first kappa shape index (κ1) is 19.1. The standard InChI is InChI=1S/C18H20N4O4S/c1-3-25-17-5-4-15(10-13(17)2)27(23,24)22-9-6-14(12-22)26-18-16(11-19)20-7-8-21-18/h4-5,7-8,10,14H,3,6,9,12H2,1-2H3/t14-/m0/s1. The number of hydrogen-bond donors (Lipinski definition) is 0. The molecule has 9 heteroatoms. The summed E-state index contributed by atoms with van der Waals surface area (Å²) in [5, 5.41) is 9.06. The highest BCUT2D eigenvalue weighted by atomic mass is 32.2. The van der Waals surface area contributed by atoms with Gasteiger partial charge >= 0.3 is 0 Å². The van der Waals surface area contributed by atoms with E-state index in [1.54, 1.807) is 18.2 Å². The molecule has 0 spiro atoms. The zero-order chi connectivity index (χ0) is 19.4. The third-order valence-corrected chi connectivity index (χ3v) is 6.10. The van der Waals surface area contributed by atoms with Gasteiger partial charge in [-0.15, -0.1) is 0 Å². The summed E-state index contributed by atoms with van der Waals surface area (Å²) in [6, 6.07) is 6.76. The van der Waals surface area contributed by atoms with Crippen LogP contribution in [0.25, 0.3) is 0 Å². The van der Waals surface area contributed by atoms with Gasteiger partial charge in [-0.3, -0.25) is 0 Å². The molecule has 0 amide bonds. The highest BCUT2D eigenvalue weighted by molar-refractivity contribution is 7.89. The average molecular weight is 388 g/mol. The Morgan fingerprint density at radius 3 is 2.81 bits per heavy atom. The maximum Gasteiger partial charge on any atom is 0.251 e. The van der Waals surface area contributed by atoms with Crippen LogP contribution in [0, 0.1) is 18.3 Å². The maximum atomic E-state index is 12.9. The summed E-state index contributed by atoms with van der Waals surface area (Å²) >= 11 is 0. The van der Waals surface area contributed by atoms with Gasteiger partial charge in [-0.1, -0.05) is 0 Å². The van der Waals surface area contributed by atoms with Crippen LogP contribution in [0.2, 0.25) is 0 Å². The summed E-state index contributed by atoms with van der Waals surface area (Å²) in [7, 11) is -3.64. The van der Waals surface area contributed by atoms with Gasteiger partial charge in [-0.05, 0) is 44.0 Å². The molecule has 27 heavy (non-hydrogen) atoms.